The van der Waals surface area contributed by atoms with Crippen molar-refractivity contribution in [3.05, 3.63) is 412 Å². The number of rotatable bonds is 14. The maximum atomic E-state index is 10.3. The van der Waals surface area contributed by atoms with E-state index < -0.39 is 0 Å². The van der Waals surface area contributed by atoms with Crippen molar-refractivity contribution in [2.24, 2.45) is 0 Å². The van der Waals surface area contributed by atoms with Crippen LogP contribution in [0.4, 0.5) is 68.2 Å². The summed E-state index contributed by atoms with van der Waals surface area (Å²) in [5, 5.41) is 15.2. The number of hydrogen-bond donors (Lipinski definition) is 0. The molecule has 0 saturated carbocycles. The number of nitriles is 1. The van der Waals surface area contributed by atoms with E-state index in [0.717, 1.165) is 152 Å². The molecular weight excluding hydrogens is 1360 g/mol. The number of para-hydroxylation sites is 6. The van der Waals surface area contributed by atoms with Gasteiger partial charge in [-0.2, -0.15) is 5.26 Å². The molecular formula is C103H67BN6S. The van der Waals surface area contributed by atoms with E-state index in [-0.39, 0.29) is 6.71 Å². The first-order chi connectivity index (χ1) is 55.1. The van der Waals surface area contributed by atoms with Crippen LogP contribution in [-0.4, -0.2) is 11.3 Å². The van der Waals surface area contributed by atoms with E-state index >= 15 is 0 Å². The van der Waals surface area contributed by atoms with Gasteiger partial charge in [0, 0.05) is 116 Å². The molecule has 6 nitrogen and oxygen atoms in total. The quantitative estimate of drug-likeness (QED) is 0.102. The minimum Gasteiger partial charge on any atom is -0.310 e. The van der Waals surface area contributed by atoms with Gasteiger partial charge in [0.25, 0.3) is 6.71 Å². The van der Waals surface area contributed by atoms with Gasteiger partial charge in [0.2, 0.25) is 0 Å². The van der Waals surface area contributed by atoms with Crippen molar-refractivity contribution in [2.45, 2.75) is 0 Å². The summed E-state index contributed by atoms with van der Waals surface area (Å²) in [6.07, 6.45) is 0. The number of hydrogen-bond acceptors (Lipinski definition) is 6. The molecule has 0 aliphatic carbocycles. The zero-order valence-electron chi connectivity index (χ0n) is 60.4. The topological polar surface area (TPSA) is 41.7 Å². The lowest BCUT2D eigenvalue weighted by atomic mass is 9.33. The molecule has 0 N–H and O–H groups in total. The molecule has 0 amide bonds. The van der Waals surface area contributed by atoms with Crippen LogP contribution >= 0.6 is 11.3 Å². The summed E-state index contributed by atoms with van der Waals surface area (Å²) in [5.74, 6) is 0. The molecule has 518 valence electrons. The maximum absolute atomic E-state index is 10.3. The number of thiophene rings is 1. The van der Waals surface area contributed by atoms with Crippen molar-refractivity contribution in [3.8, 4) is 67.4 Å². The number of benzene rings is 17. The van der Waals surface area contributed by atoms with Crippen LogP contribution in [0.2, 0.25) is 0 Å². The van der Waals surface area contributed by atoms with Crippen LogP contribution in [0.5, 0.6) is 0 Å². The first-order valence-corrected chi connectivity index (χ1v) is 38.6. The van der Waals surface area contributed by atoms with Gasteiger partial charge in [0.1, 0.15) is 0 Å². The lowest BCUT2D eigenvalue weighted by Crippen LogP contribution is -2.61. The van der Waals surface area contributed by atoms with E-state index in [0.29, 0.717) is 5.56 Å². The molecule has 19 aromatic rings. The Morgan fingerprint density at radius 1 is 0.279 bits per heavy atom. The highest BCUT2D eigenvalue weighted by atomic mass is 32.1. The van der Waals surface area contributed by atoms with Crippen molar-refractivity contribution in [2.75, 3.05) is 19.6 Å². The highest BCUT2D eigenvalue weighted by molar-refractivity contribution is 7.26. The Balaban J connectivity index is 0.943. The van der Waals surface area contributed by atoms with Gasteiger partial charge in [-0.1, -0.05) is 267 Å². The third-order valence-corrected chi connectivity index (χ3v) is 23.5. The second kappa shape index (κ2) is 27.1. The van der Waals surface area contributed by atoms with Crippen LogP contribution in [0.3, 0.4) is 0 Å². The van der Waals surface area contributed by atoms with E-state index in [1.165, 1.54) is 36.4 Å². The molecule has 2 aliphatic heterocycles. The van der Waals surface area contributed by atoms with Gasteiger partial charge in [-0.25, -0.2) is 0 Å². The zero-order chi connectivity index (χ0) is 73.5. The minimum atomic E-state index is -0.341. The predicted molar refractivity (Wildman–Crippen MR) is 469 cm³/mol. The van der Waals surface area contributed by atoms with Crippen molar-refractivity contribution in [1.82, 2.24) is 4.57 Å². The minimum absolute atomic E-state index is 0.341. The molecule has 8 heteroatoms. The van der Waals surface area contributed by atoms with E-state index in [9.17, 15) is 5.26 Å². The summed E-state index contributed by atoms with van der Waals surface area (Å²) in [5.41, 5.74) is 30.6. The van der Waals surface area contributed by atoms with E-state index in [4.69, 9.17) is 0 Å². The fraction of sp³-hybridized carbons (Fsp3) is 0. The van der Waals surface area contributed by atoms with Gasteiger partial charge in [0.05, 0.1) is 34.0 Å². The second-order valence-electron chi connectivity index (χ2n) is 28.6. The molecule has 0 radical (unpaired) electrons. The molecule has 17 aromatic carbocycles. The van der Waals surface area contributed by atoms with Gasteiger partial charge in [-0.3, -0.25) is 0 Å². The van der Waals surface area contributed by atoms with Crippen LogP contribution in [0.15, 0.2) is 406 Å². The first-order valence-electron chi connectivity index (χ1n) is 37.8. The molecule has 111 heavy (non-hydrogen) atoms. The Morgan fingerprint density at radius 2 is 0.685 bits per heavy atom. The van der Waals surface area contributed by atoms with Gasteiger partial charge < -0.3 is 24.2 Å². The molecule has 0 unspecified atom stereocenters. The number of nitrogens with zero attached hydrogens (tertiary/aromatic N) is 6. The third kappa shape index (κ3) is 10.9. The molecule has 0 fully saturated rings. The predicted octanol–water partition coefficient (Wildman–Crippen LogP) is 26.4. The summed E-state index contributed by atoms with van der Waals surface area (Å²) >= 11 is 1.86. The summed E-state index contributed by atoms with van der Waals surface area (Å²) < 4.78 is 4.99. The fourth-order valence-electron chi connectivity index (χ4n) is 17.5. The molecule has 2 aliphatic rings. The normalized spacial score (nSPS) is 12.1. The summed E-state index contributed by atoms with van der Waals surface area (Å²) in [7, 11) is 0. The maximum Gasteiger partial charge on any atom is 0.252 e. The van der Waals surface area contributed by atoms with Crippen molar-refractivity contribution in [3.63, 3.8) is 0 Å². The monoisotopic (exact) mass is 1430 g/mol. The molecule has 2 aromatic heterocycles. The molecule has 0 saturated heterocycles. The van der Waals surface area contributed by atoms with Crippen LogP contribution in [0.25, 0.3) is 103 Å². The Kier molecular flexibility index (Phi) is 15.8. The van der Waals surface area contributed by atoms with Crippen molar-refractivity contribution < 1.29 is 0 Å². The lowest BCUT2D eigenvalue weighted by molar-refractivity contribution is 1.18. The van der Waals surface area contributed by atoms with Gasteiger partial charge >= 0.3 is 0 Å². The number of aromatic nitrogens is 1. The van der Waals surface area contributed by atoms with Crippen LogP contribution < -0.4 is 36.0 Å². The van der Waals surface area contributed by atoms with E-state index in [2.05, 4.69) is 425 Å². The average molecular weight is 1430 g/mol. The van der Waals surface area contributed by atoms with Crippen LogP contribution in [-0.2, 0) is 0 Å². The van der Waals surface area contributed by atoms with Crippen molar-refractivity contribution in [1.29, 1.82) is 5.26 Å². The van der Waals surface area contributed by atoms with E-state index in [1.54, 1.807) is 0 Å². The zero-order valence-corrected chi connectivity index (χ0v) is 61.2. The van der Waals surface area contributed by atoms with E-state index in [1.807, 2.05) is 23.5 Å². The highest BCUT2D eigenvalue weighted by Gasteiger charge is 2.46. The Bertz CT molecular complexity index is 6660. The highest BCUT2D eigenvalue weighted by Crippen LogP contribution is 2.56. The SMILES string of the molecule is N#Cc1ccc(N(c2ccccc2)c2ccc3c(c2)N(c2c(-c4ccccc4)cccc2-c2ccccc2)c2cc(-c4ccc5c(c4)c4c6c(ccc4n5-c4ccccc4)sc4ccccc46)cc4c2B3c2ccc(N(c3ccccc3)c3ccccc3)cc2N4c2c(-c3ccccc3)cccc2-c2ccccc2)cc1. The van der Waals surface area contributed by atoms with Crippen molar-refractivity contribution >= 4 is 145 Å². The van der Waals surface area contributed by atoms with Crippen LogP contribution in [0, 0.1) is 11.3 Å². The third-order valence-electron chi connectivity index (χ3n) is 22.3. The summed E-state index contributed by atoms with van der Waals surface area (Å²) in [6, 6.07) is 152. The lowest BCUT2D eigenvalue weighted by Gasteiger charge is -2.46. The Morgan fingerprint density at radius 3 is 1.14 bits per heavy atom. The fourth-order valence-corrected chi connectivity index (χ4v) is 18.6. The molecule has 21 rings (SSSR count). The molecule has 4 heterocycles. The van der Waals surface area contributed by atoms with Gasteiger partial charge in [0.15, 0.2) is 0 Å². The standard InChI is InChI=1S/C103H67BN6S/c105-68-69-51-54-80(55-52-69)107(78-41-21-7-22-42-78)82-57-59-90-94(67-82)110(103-85(72-33-13-3-14-34-72)48-28-49-86(103)73-35-15-4-16-36-73)96-65-75(74-53-60-91-88(63-74)99-92(108(91)79-43-23-8-24-44-79)61-62-98-100(99)87-45-25-26-50-97(87)111-98)64-95-101(96)104(90)89-58-56-81(106(76-37-17-5-18-38-76)77-39-19-6-20-40-77)66-93(89)109(95)102-83(70-29-9-1-10-30-70)46-27-47-84(102)71-31-11-2-12-32-71/h1-67H. The largest absolute Gasteiger partial charge is 0.310 e. The van der Waals surface area contributed by atoms with Gasteiger partial charge in [-0.05, 0) is 189 Å². The number of fused-ring (bicyclic) bond motifs is 11. The van der Waals surface area contributed by atoms with Crippen LogP contribution in [0.1, 0.15) is 5.56 Å². The average Bonchev–Trinajstić information content (AvgIpc) is 1.20. The Labute approximate surface area is 649 Å². The summed E-state index contributed by atoms with van der Waals surface area (Å²) in [6.45, 7) is -0.341. The molecule has 0 atom stereocenters. The Hall–Kier alpha value is -14.5. The first kappa shape index (κ1) is 64.9. The van der Waals surface area contributed by atoms with Gasteiger partial charge in [-0.15, -0.1) is 11.3 Å². The number of anilines is 12. The molecule has 0 bridgehead atoms. The second-order valence-corrected chi connectivity index (χ2v) is 29.6. The molecule has 0 spiro atoms. The smallest absolute Gasteiger partial charge is 0.252 e. The summed E-state index contributed by atoms with van der Waals surface area (Å²) in [4.78, 5) is 10.1.